The highest BCUT2D eigenvalue weighted by Gasteiger charge is 2.20. The van der Waals surface area contributed by atoms with Crippen LogP contribution in [-0.4, -0.2) is 39.2 Å². The normalized spacial score (nSPS) is 13.9. The molecule has 0 amide bonds. The summed E-state index contributed by atoms with van der Waals surface area (Å²) in [6.07, 6.45) is 1.41. The van der Waals surface area contributed by atoms with E-state index >= 15 is 0 Å². The predicted molar refractivity (Wildman–Crippen MR) is 78.2 cm³/mol. The molecule has 6 nitrogen and oxygen atoms in total. The number of aliphatic hydroxyl groups is 1. The summed E-state index contributed by atoms with van der Waals surface area (Å²) >= 11 is 0. The topological polar surface area (TPSA) is 92.5 Å². The largest absolute Gasteiger partial charge is 0.396 e. The van der Waals surface area contributed by atoms with Gasteiger partial charge in [-0.3, -0.25) is 14.3 Å². The molecule has 2 unspecified atom stereocenters. The van der Waals surface area contributed by atoms with Crippen LogP contribution in [0.25, 0.3) is 0 Å². The van der Waals surface area contributed by atoms with Crippen LogP contribution < -0.4 is 5.32 Å². The maximum absolute atomic E-state index is 12.3. The fourth-order valence-corrected chi connectivity index (χ4v) is 3.26. The molecule has 0 aliphatic rings. The predicted octanol–water partition coefficient (Wildman–Crippen LogP) is 1.45. The minimum absolute atomic E-state index is 0.00450. The van der Waals surface area contributed by atoms with Gasteiger partial charge in [0.15, 0.2) is 0 Å². The Bertz CT molecular complexity index is 467. The summed E-state index contributed by atoms with van der Waals surface area (Å²) in [6.45, 7) is 2.77. The molecule has 1 aromatic rings. The van der Waals surface area contributed by atoms with Gasteiger partial charge in [-0.1, -0.05) is 19.1 Å². The van der Waals surface area contributed by atoms with E-state index in [1.54, 1.807) is 12.1 Å². The van der Waals surface area contributed by atoms with Crippen LogP contribution in [0.1, 0.15) is 19.8 Å². The van der Waals surface area contributed by atoms with Crippen LogP contribution in [0.4, 0.5) is 5.69 Å². The summed E-state index contributed by atoms with van der Waals surface area (Å²) in [4.78, 5) is 10.6. The Morgan fingerprint density at radius 3 is 2.75 bits per heavy atom. The Morgan fingerprint density at radius 2 is 2.15 bits per heavy atom. The van der Waals surface area contributed by atoms with Gasteiger partial charge in [0.05, 0.1) is 15.7 Å². The summed E-state index contributed by atoms with van der Waals surface area (Å²) in [5.41, 5.74) is -0.121. The number of hydrogen-bond acceptors (Lipinski definition) is 5. The van der Waals surface area contributed by atoms with Gasteiger partial charge in [-0.25, -0.2) is 0 Å². The molecule has 0 saturated heterocycles. The molecule has 0 aliphatic heterocycles. The minimum atomic E-state index is -1.47. The zero-order valence-corrected chi connectivity index (χ0v) is 12.3. The average Bonchev–Trinajstić information content (AvgIpc) is 2.44. The second-order valence-corrected chi connectivity index (χ2v) is 5.86. The van der Waals surface area contributed by atoms with Gasteiger partial charge in [0.1, 0.15) is 4.90 Å². The lowest BCUT2D eigenvalue weighted by atomic mass is 10.2. The SMILES string of the molecule is CCCNC(CCO)CS(=O)c1ccccc1[N+](=O)[O-]. The molecule has 0 saturated carbocycles. The van der Waals surface area contributed by atoms with Crippen molar-refractivity contribution in [2.45, 2.75) is 30.7 Å². The van der Waals surface area contributed by atoms with Gasteiger partial charge in [0.25, 0.3) is 5.69 Å². The maximum atomic E-state index is 12.3. The van der Waals surface area contributed by atoms with Crippen molar-refractivity contribution in [2.24, 2.45) is 0 Å². The first-order chi connectivity index (χ1) is 9.60. The molecule has 2 atom stereocenters. The fourth-order valence-electron chi connectivity index (χ4n) is 1.82. The van der Waals surface area contributed by atoms with E-state index in [2.05, 4.69) is 5.32 Å². The number of nitrogens with zero attached hydrogens (tertiary/aromatic N) is 1. The summed E-state index contributed by atoms with van der Waals surface area (Å²) < 4.78 is 12.3. The standard InChI is InChI=1S/C13H20N2O4S/c1-2-8-14-11(7-9-16)10-20(19)13-6-4-3-5-12(13)15(17)18/h3-6,11,14,16H,2,7-10H2,1H3. The van der Waals surface area contributed by atoms with Gasteiger partial charge >= 0.3 is 0 Å². The first-order valence-corrected chi connectivity index (χ1v) is 7.88. The Morgan fingerprint density at radius 1 is 1.45 bits per heavy atom. The van der Waals surface area contributed by atoms with Crippen LogP contribution in [0.2, 0.25) is 0 Å². The van der Waals surface area contributed by atoms with Gasteiger partial charge in [0, 0.05) is 24.5 Å². The lowest BCUT2D eigenvalue weighted by molar-refractivity contribution is -0.387. The highest BCUT2D eigenvalue weighted by atomic mass is 32.2. The van der Waals surface area contributed by atoms with E-state index < -0.39 is 15.7 Å². The average molecular weight is 300 g/mol. The highest BCUT2D eigenvalue weighted by Crippen LogP contribution is 2.22. The third-order valence-corrected chi connectivity index (χ3v) is 4.36. The van der Waals surface area contributed by atoms with Gasteiger partial charge in [0.2, 0.25) is 0 Å². The second-order valence-electron chi connectivity index (χ2n) is 4.40. The van der Waals surface area contributed by atoms with Crippen LogP contribution in [0.3, 0.4) is 0 Å². The lowest BCUT2D eigenvalue weighted by Gasteiger charge is -2.16. The molecule has 2 N–H and O–H groups in total. The molecule has 0 fully saturated rings. The first-order valence-electron chi connectivity index (χ1n) is 6.56. The number of nitro groups is 1. The lowest BCUT2D eigenvalue weighted by Crippen LogP contribution is -2.35. The van der Waals surface area contributed by atoms with Gasteiger partial charge in [-0.2, -0.15) is 0 Å². The number of hydrogen-bond donors (Lipinski definition) is 2. The van der Waals surface area contributed by atoms with Crippen molar-refractivity contribution < 1.29 is 14.2 Å². The third-order valence-electron chi connectivity index (χ3n) is 2.82. The van der Waals surface area contributed by atoms with Crippen molar-refractivity contribution >= 4 is 16.5 Å². The number of nitrogens with one attached hydrogen (secondary N) is 1. The number of nitro benzene ring substituents is 1. The molecule has 0 bridgehead atoms. The molecule has 0 radical (unpaired) electrons. The molecule has 7 heteroatoms. The van der Waals surface area contributed by atoms with Crippen LogP contribution in [0.5, 0.6) is 0 Å². The van der Waals surface area contributed by atoms with Gasteiger partial charge < -0.3 is 10.4 Å². The Kier molecular flexibility index (Phi) is 7.35. The Hall–Kier alpha value is -1.31. The van der Waals surface area contributed by atoms with Crippen molar-refractivity contribution in [3.63, 3.8) is 0 Å². The zero-order chi connectivity index (χ0) is 15.0. The van der Waals surface area contributed by atoms with Crippen molar-refractivity contribution in [3.05, 3.63) is 34.4 Å². The number of benzene rings is 1. The summed E-state index contributed by atoms with van der Waals surface area (Å²) in [5, 5.41) is 23.1. The van der Waals surface area contributed by atoms with E-state index in [4.69, 9.17) is 5.11 Å². The van der Waals surface area contributed by atoms with Crippen LogP contribution in [-0.2, 0) is 10.8 Å². The van der Waals surface area contributed by atoms with Crippen molar-refractivity contribution in [3.8, 4) is 0 Å². The minimum Gasteiger partial charge on any atom is -0.396 e. The monoisotopic (exact) mass is 300 g/mol. The maximum Gasteiger partial charge on any atom is 0.285 e. The van der Waals surface area contributed by atoms with E-state index in [0.29, 0.717) is 6.42 Å². The van der Waals surface area contributed by atoms with Crippen molar-refractivity contribution in [1.29, 1.82) is 0 Å². The van der Waals surface area contributed by atoms with Gasteiger partial charge in [-0.15, -0.1) is 0 Å². The van der Waals surface area contributed by atoms with Crippen LogP contribution >= 0.6 is 0 Å². The quantitative estimate of drug-likeness (QED) is 0.532. The van der Waals surface area contributed by atoms with Crippen LogP contribution in [0, 0.1) is 10.1 Å². The zero-order valence-electron chi connectivity index (χ0n) is 11.4. The second kappa shape index (κ2) is 8.78. The van der Waals surface area contributed by atoms with E-state index in [-0.39, 0.29) is 29.0 Å². The molecular weight excluding hydrogens is 280 g/mol. The molecule has 20 heavy (non-hydrogen) atoms. The Balaban J connectivity index is 2.80. The summed E-state index contributed by atoms with van der Waals surface area (Å²) in [5.74, 6) is 0.255. The molecule has 0 heterocycles. The number of rotatable bonds is 9. The fraction of sp³-hybridized carbons (Fsp3) is 0.538. The van der Waals surface area contributed by atoms with Gasteiger partial charge in [-0.05, 0) is 25.5 Å². The van der Waals surface area contributed by atoms with E-state index in [0.717, 1.165) is 13.0 Å². The number of para-hydroxylation sites is 1. The third kappa shape index (κ3) is 4.99. The molecule has 0 aliphatic carbocycles. The molecule has 0 spiro atoms. The Labute approximate surface area is 120 Å². The summed E-state index contributed by atoms with van der Waals surface area (Å²) in [7, 11) is -1.47. The van der Waals surface area contributed by atoms with E-state index in [1.165, 1.54) is 12.1 Å². The molecule has 0 aromatic heterocycles. The molecule has 1 aromatic carbocycles. The van der Waals surface area contributed by atoms with E-state index in [1.807, 2.05) is 6.92 Å². The van der Waals surface area contributed by atoms with Crippen LogP contribution in [0.15, 0.2) is 29.2 Å². The number of aliphatic hydroxyl groups excluding tert-OH is 1. The molecule has 1 rings (SSSR count). The van der Waals surface area contributed by atoms with E-state index in [9.17, 15) is 14.3 Å². The van der Waals surface area contributed by atoms with Crippen molar-refractivity contribution in [1.82, 2.24) is 5.32 Å². The summed E-state index contributed by atoms with van der Waals surface area (Å²) in [6, 6.07) is 5.96. The van der Waals surface area contributed by atoms with Crippen molar-refractivity contribution in [2.75, 3.05) is 18.9 Å². The molecule has 112 valence electrons. The first kappa shape index (κ1) is 16.7. The molecular formula is C13H20N2O4S. The highest BCUT2D eigenvalue weighted by molar-refractivity contribution is 7.85. The smallest absolute Gasteiger partial charge is 0.285 e.